The highest BCUT2D eigenvalue weighted by Crippen LogP contribution is 2.36. The molecule has 2 amide bonds. The fraction of sp³-hybridized carbons (Fsp3) is 0.231. The number of nitrogens with one attached hydrogen (secondary N) is 1. The van der Waals surface area contributed by atoms with Crippen LogP contribution in [-0.4, -0.2) is 56.1 Å². The van der Waals surface area contributed by atoms with Gasteiger partial charge in [0.15, 0.2) is 18.2 Å². The number of carbonyl (C=O) groups excluding carboxylic acids is 4. The topological polar surface area (TPSA) is 119 Å². The average molecular weight is 677 g/mol. The van der Waals surface area contributed by atoms with Crippen molar-refractivity contribution in [3.05, 3.63) is 156 Å². The molecular formula is C39H36N2O7S. The van der Waals surface area contributed by atoms with Crippen molar-refractivity contribution in [1.29, 1.82) is 0 Å². The highest BCUT2D eigenvalue weighted by atomic mass is 32.2. The second-order valence-electron chi connectivity index (χ2n) is 12.0. The molecule has 4 aromatic rings. The van der Waals surface area contributed by atoms with Crippen molar-refractivity contribution in [2.24, 2.45) is 0 Å². The zero-order valence-corrected chi connectivity index (χ0v) is 27.5. The van der Waals surface area contributed by atoms with Crippen molar-refractivity contribution < 1.29 is 32.9 Å². The lowest BCUT2D eigenvalue weighted by Crippen LogP contribution is -2.77. The summed E-state index contributed by atoms with van der Waals surface area (Å²) >= 11 is 0. The second kappa shape index (κ2) is 15.3. The normalized spacial score (nSPS) is 19.9. The Labute approximate surface area is 287 Å². The van der Waals surface area contributed by atoms with Gasteiger partial charge in [0.2, 0.25) is 11.8 Å². The first-order valence-corrected chi connectivity index (χ1v) is 17.5. The van der Waals surface area contributed by atoms with Crippen LogP contribution in [0.5, 0.6) is 0 Å². The Hall–Kier alpha value is -5.35. The Bertz CT molecular complexity index is 1760. The molecule has 2 unspecified atom stereocenters. The van der Waals surface area contributed by atoms with Crippen molar-refractivity contribution in [3.63, 3.8) is 0 Å². The number of esters is 2. The minimum absolute atomic E-state index is 0.0125. The Morgan fingerprint density at radius 3 is 1.65 bits per heavy atom. The van der Waals surface area contributed by atoms with Crippen LogP contribution < -0.4 is 5.32 Å². The summed E-state index contributed by atoms with van der Waals surface area (Å²) in [6, 6.07) is 35.1. The molecule has 4 aromatic carbocycles. The number of hydrogen-bond acceptors (Lipinski definition) is 7. The number of hydrogen-bond donors (Lipinski definition) is 1. The van der Waals surface area contributed by atoms with E-state index < -0.39 is 64.2 Å². The van der Waals surface area contributed by atoms with Gasteiger partial charge in [-0.2, -0.15) is 0 Å². The molecule has 2 aliphatic rings. The van der Waals surface area contributed by atoms with Crippen LogP contribution in [0.3, 0.4) is 0 Å². The van der Waals surface area contributed by atoms with Gasteiger partial charge in [-0.25, -0.2) is 4.79 Å². The molecule has 0 saturated carbocycles. The third-order valence-corrected chi connectivity index (χ3v) is 10.3. The van der Waals surface area contributed by atoms with Crippen LogP contribution in [0.4, 0.5) is 0 Å². The maximum Gasteiger partial charge on any atom is 0.334 e. The van der Waals surface area contributed by atoms with Gasteiger partial charge in [-0.3, -0.25) is 18.6 Å². The molecule has 10 heteroatoms. The Balaban J connectivity index is 1.06. The first-order valence-electron chi connectivity index (χ1n) is 16.1. The Kier molecular flexibility index (Phi) is 10.4. The Morgan fingerprint density at radius 2 is 1.18 bits per heavy atom. The summed E-state index contributed by atoms with van der Waals surface area (Å²) in [5, 5.41) is 1.76. The molecule has 2 heterocycles. The summed E-state index contributed by atoms with van der Waals surface area (Å²) < 4.78 is 25.0. The van der Waals surface area contributed by atoms with Crippen molar-refractivity contribution in [1.82, 2.24) is 10.2 Å². The van der Waals surface area contributed by atoms with Gasteiger partial charge in [0.25, 0.3) is 0 Å². The van der Waals surface area contributed by atoms with E-state index in [2.05, 4.69) is 11.9 Å². The summed E-state index contributed by atoms with van der Waals surface area (Å²) in [4.78, 5) is 54.0. The molecule has 250 valence electrons. The lowest BCUT2D eigenvalue weighted by Gasteiger charge is -2.52. The van der Waals surface area contributed by atoms with E-state index in [-0.39, 0.29) is 25.0 Å². The smallest absolute Gasteiger partial charge is 0.334 e. The van der Waals surface area contributed by atoms with E-state index in [1.807, 2.05) is 121 Å². The van der Waals surface area contributed by atoms with Gasteiger partial charge in [0, 0.05) is 18.6 Å². The standard InChI is InChI=1S/C39H36N2O7S/c1-26-25-49(46)38-33(37(44)41(38)34(26)39(45)48-36(29-19-10-4-11-20-29)30-21-12-5-13-22-30)40-31(42)23-14-24-32(43)47-35(27-15-6-2-7-16-27)28-17-8-3-9-18-28/h2-13,15-22,33-36,38H,1,14,23-25H2,(H,40,42)/t33-,34?,38+,49?/m1/s1. The minimum atomic E-state index is -1.59. The maximum atomic E-state index is 13.7. The van der Waals surface area contributed by atoms with Gasteiger partial charge in [0.1, 0.15) is 11.4 Å². The molecule has 0 spiro atoms. The number of benzene rings is 4. The average Bonchev–Trinajstić information content (AvgIpc) is 3.13. The number of fused-ring (bicyclic) bond motifs is 1. The molecule has 0 aliphatic carbocycles. The predicted octanol–water partition coefficient (Wildman–Crippen LogP) is 5.16. The van der Waals surface area contributed by atoms with E-state index in [1.165, 1.54) is 4.90 Å². The molecule has 0 bridgehead atoms. The van der Waals surface area contributed by atoms with E-state index in [0.717, 1.165) is 22.3 Å². The summed E-state index contributed by atoms with van der Waals surface area (Å²) in [7, 11) is -1.59. The highest BCUT2D eigenvalue weighted by Gasteiger charge is 2.59. The number of rotatable bonds is 12. The number of amides is 2. The number of β-lactam (4-membered cyclic amide) rings is 1. The van der Waals surface area contributed by atoms with Crippen LogP contribution in [0.25, 0.3) is 0 Å². The number of nitrogens with zero attached hydrogens (tertiary/aromatic N) is 1. The molecule has 49 heavy (non-hydrogen) atoms. The van der Waals surface area contributed by atoms with Gasteiger partial charge in [0.05, 0.1) is 10.8 Å². The van der Waals surface area contributed by atoms with Crippen LogP contribution in [0.1, 0.15) is 53.7 Å². The van der Waals surface area contributed by atoms with Crippen LogP contribution in [0.2, 0.25) is 0 Å². The molecule has 1 N–H and O–H groups in total. The van der Waals surface area contributed by atoms with E-state index in [0.29, 0.717) is 5.57 Å². The molecule has 9 nitrogen and oxygen atoms in total. The van der Waals surface area contributed by atoms with E-state index >= 15 is 0 Å². The highest BCUT2D eigenvalue weighted by molar-refractivity contribution is 7.86. The minimum Gasteiger partial charge on any atom is -0.453 e. The molecule has 6 rings (SSSR count). The van der Waals surface area contributed by atoms with Crippen LogP contribution >= 0.6 is 0 Å². The zero-order chi connectivity index (χ0) is 34.3. The molecule has 4 atom stereocenters. The maximum absolute atomic E-state index is 13.7. The van der Waals surface area contributed by atoms with Crippen molar-refractivity contribution >= 4 is 34.6 Å². The van der Waals surface area contributed by atoms with Crippen molar-refractivity contribution in [2.75, 3.05) is 5.75 Å². The SMILES string of the molecule is C=C1CS(=O)[C@H]2[C@H](NC(=O)CCCC(=O)OC(c3ccccc3)c3ccccc3)C(=O)N2C1C(=O)OC(c1ccccc1)c1ccccc1. The molecule has 0 radical (unpaired) electrons. The van der Waals surface area contributed by atoms with Gasteiger partial charge >= 0.3 is 11.9 Å². The van der Waals surface area contributed by atoms with Gasteiger partial charge in [-0.05, 0) is 34.2 Å². The summed E-state index contributed by atoms with van der Waals surface area (Å²) in [5.41, 5.74) is 3.47. The van der Waals surface area contributed by atoms with E-state index in [4.69, 9.17) is 9.47 Å². The first kappa shape index (κ1) is 33.5. The fourth-order valence-electron chi connectivity index (χ4n) is 6.17. The first-order chi connectivity index (χ1) is 23.8. The Morgan fingerprint density at radius 1 is 0.735 bits per heavy atom. The van der Waals surface area contributed by atoms with Crippen molar-refractivity contribution in [2.45, 2.75) is 48.9 Å². The molecule has 0 aromatic heterocycles. The van der Waals surface area contributed by atoms with Crippen LogP contribution in [-0.2, 0) is 39.5 Å². The quantitative estimate of drug-likeness (QED) is 0.125. The fourth-order valence-corrected chi connectivity index (χ4v) is 7.84. The lowest BCUT2D eigenvalue weighted by atomic mass is 9.97. The molecular weight excluding hydrogens is 641 g/mol. The second-order valence-corrected chi connectivity index (χ2v) is 13.5. The van der Waals surface area contributed by atoms with Gasteiger partial charge < -0.3 is 19.7 Å². The zero-order valence-electron chi connectivity index (χ0n) is 26.7. The summed E-state index contributed by atoms with van der Waals surface area (Å²) in [5.74, 6) is -2.18. The van der Waals surface area contributed by atoms with E-state index in [9.17, 15) is 23.4 Å². The molecule has 2 fully saturated rings. The number of ether oxygens (including phenoxy) is 2. The van der Waals surface area contributed by atoms with Crippen LogP contribution in [0, 0.1) is 0 Å². The molecule has 2 aliphatic heterocycles. The number of carbonyl (C=O) groups is 4. The lowest BCUT2D eigenvalue weighted by molar-refractivity contribution is -0.165. The summed E-state index contributed by atoms with van der Waals surface area (Å²) in [6.45, 7) is 3.96. The third kappa shape index (κ3) is 7.54. The largest absolute Gasteiger partial charge is 0.453 e. The van der Waals surface area contributed by atoms with Gasteiger partial charge in [-0.15, -0.1) is 0 Å². The summed E-state index contributed by atoms with van der Waals surface area (Å²) in [6.07, 6.45) is -1.20. The van der Waals surface area contributed by atoms with Gasteiger partial charge in [-0.1, -0.05) is 128 Å². The molecule has 2 saturated heterocycles. The van der Waals surface area contributed by atoms with E-state index in [1.54, 1.807) is 0 Å². The van der Waals surface area contributed by atoms with Crippen LogP contribution in [0.15, 0.2) is 133 Å². The third-order valence-electron chi connectivity index (χ3n) is 8.56. The van der Waals surface area contributed by atoms with Crippen molar-refractivity contribution in [3.8, 4) is 0 Å². The monoisotopic (exact) mass is 676 g/mol. The predicted molar refractivity (Wildman–Crippen MR) is 184 cm³/mol.